The zero-order chi connectivity index (χ0) is 19.1. The number of carbonyl (C=O) groups is 1. The van der Waals surface area contributed by atoms with Gasteiger partial charge < -0.3 is 5.32 Å². The molecule has 1 aromatic heterocycles. The molecule has 0 aliphatic rings. The molecule has 0 radical (unpaired) electrons. The van der Waals surface area contributed by atoms with Gasteiger partial charge in [0.05, 0.1) is 5.69 Å². The first-order valence-corrected chi connectivity index (χ1v) is 9.12. The van der Waals surface area contributed by atoms with Gasteiger partial charge in [-0.2, -0.15) is 5.10 Å². The highest BCUT2D eigenvalue weighted by Gasteiger charge is 2.12. The van der Waals surface area contributed by atoms with Crippen LogP contribution in [0.2, 0.25) is 0 Å². The number of carbonyl (C=O) groups excluding carboxylic acids is 1. The standard InChI is InChI=1S/C22H23N3O2/c1-2-17(18-9-5-3-6-10-18)15-23-21(26)16-25-22(27)14-13-20(24-25)19-11-7-4-8-12-19/h3-14,17H,2,15-16H2,1H3,(H,23,26). The normalized spacial score (nSPS) is 11.7. The summed E-state index contributed by atoms with van der Waals surface area (Å²) < 4.78 is 1.21. The summed E-state index contributed by atoms with van der Waals surface area (Å²) in [5, 5.41) is 7.26. The Hall–Kier alpha value is -3.21. The first-order chi connectivity index (χ1) is 13.2. The van der Waals surface area contributed by atoms with Gasteiger partial charge in [-0.1, -0.05) is 67.6 Å². The lowest BCUT2D eigenvalue weighted by Gasteiger charge is -2.16. The summed E-state index contributed by atoms with van der Waals surface area (Å²) in [6.07, 6.45) is 0.923. The average molecular weight is 361 g/mol. The topological polar surface area (TPSA) is 64.0 Å². The molecular weight excluding hydrogens is 338 g/mol. The van der Waals surface area contributed by atoms with E-state index < -0.39 is 0 Å². The minimum atomic E-state index is -0.292. The Kier molecular flexibility index (Phi) is 6.15. The molecule has 0 saturated heterocycles. The minimum absolute atomic E-state index is 0.0925. The minimum Gasteiger partial charge on any atom is -0.354 e. The molecule has 1 N–H and O–H groups in total. The van der Waals surface area contributed by atoms with Gasteiger partial charge >= 0.3 is 0 Å². The van der Waals surface area contributed by atoms with Crippen molar-refractivity contribution < 1.29 is 4.79 Å². The van der Waals surface area contributed by atoms with Crippen molar-refractivity contribution in [2.24, 2.45) is 0 Å². The van der Waals surface area contributed by atoms with Crippen LogP contribution in [0.1, 0.15) is 24.8 Å². The molecule has 1 atom stereocenters. The van der Waals surface area contributed by atoms with Gasteiger partial charge in [0.2, 0.25) is 5.91 Å². The van der Waals surface area contributed by atoms with Crippen LogP contribution in [0.5, 0.6) is 0 Å². The maximum Gasteiger partial charge on any atom is 0.267 e. The molecule has 0 aliphatic heterocycles. The van der Waals surface area contributed by atoms with E-state index in [1.54, 1.807) is 6.07 Å². The van der Waals surface area contributed by atoms with E-state index in [4.69, 9.17) is 0 Å². The van der Waals surface area contributed by atoms with Crippen LogP contribution in [0.3, 0.4) is 0 Å². The smallest absolute Gasteiger partial charge is 0.267 e. The molecule has 1 unspecified atom stereocenters. The molecule has 1 heterocycles. The van der Waals surface area contributed by atoms with Crippen LogP contribution in [0.15, 0.2) is 77.6 Å². The molecule has 3 aromatic rings. The Morgan fingerprint density at radius 2 is 1.67 bits per heavy atom. The fourth-order valence-electron chi connectivity index (χ4n) is 2.98. The van der Waals surface area contributed by atoms with Gasteiger partial charge in [0.1, 0.15) is 6.54 Å². The van der Waals surface area contributed by atoms with Gasteiger partial charge in [-0.3, -0.25) is 9.59 Å². The van der Waals surface area contributed by atoms with Crippen LogP contribution in [-0.2, 0) is 11.3 Å². The number of hydrogen-bond donors (Lipinski definition) is 1. The van der Waals surface area contributed by atoms with Crippen molar-refractivity contribution in [2.45, 2.75) is 25.8 Å². The van der Waals surface area contributed by atoms with Crippen molar-refractivity contribution in [1.29, 1.82) is 0 Å². The van der Waals surface area contributed by atoms with Crippen molar-refractivity contribution in [1.82, 2.24) is 15.1 Å². The van der Waals surface area contributed by atoms with Crippen LogP contribution in [0.4, 0.5) is 0 Å². The summed E-state index contributed by atoms with van der Waals surface area (Å²) in [5.74, 6) is 0.0275. The Morgan fingerprint density at radius 1 is 1.00 bits per heavy atom. The third-order valence-corrected chi connectivity index (χ3v) is 4.54. The van der Waals surface area contributed by atoms with E-state index in [9.17, 15) is 9.59 Å². The molecule has 1 amide bonds. The van der Waals surface area contributed by atoms with Gasteiger partial charge in [0.15, 0.2) is 0 Å². The number of nitrogens with one attached hydrogen (secondary N) is 1. The maximum atomic E-state index is 12.4. The van der Waals surface area contributed by atoms with E-state index in [-0.39, 0.29) is 23.9 Å². The fourth-order valence-corrected chi connectivity index (χ4v) is 2.98. The second kappa shape index (κ2) is 8.94. The molecule has 5 nitrogen and oxygen atoms in total. The number of hydrogen-bond acceptors (Lipinski definition) is 3. The number of amides is 1. The second-order valence-electron chi connectivity index (χ2n) is 6.40. The summed E-state index contributed by atoms with van der Waals surface area (Å²) in [7, 11) is 0. The largest absolute Gasteiger partial charge is 0.354 e. The third-order valence-electron chi connectivity index (χ3n) is 4.54. The molecule has 0 bridgehead atoms. The zero-order valence-corrected chi connectivity index (χ0v) is 15.3. The van der Waals surface area contributed by atoms with Crippen LogP contribution >= 0.6 is 0 Å². The lowest BCUT2D eigenvalue weighted by Crippen LogP contribution is -2.35. The summed E-state index contributed by atoms with van der Waals surface area (Å²) in [6.45, 7) is 2.54. The van der Waals surface area contributed by atoms with E-state index >= 15 is 0 Å². The summed E-state index contributed by atoms with van der Waals surface area (Å²) in [4.78, 5) is 24.4. The van der Waals surface area contributed by atoms with Crippen LogP contribution in [-0.4, -0.2) is 22.2 Å². The molecule has 0 spiro atoms. The Balaban J connectivity index is 1.66. The second-order valence-corrected chi connectivity index (χ2v) is 6.40. The molecular formula is C22H23N3O2. The molecule has 138 valence electrons. The fraction of sp³-hybridized carbons (Fsp3) is 0.227. The predicted molar refractivity (Wildman–Crippen MR) is 106 cm³/mol. The van der Waals surface area contributed by atoms with Gasteiger partial charge in [0, 0.05) is 24.1 Å². The van der Waals surface area contributed by atoms with Crippen LogP contribution in [0, 0.1) is 0 Å². The SMILES string of the molecule is CCC(CNC(=O)Cn1nc(-c2ccccc2)ccc1=O)c1ccccc1. The van der Waals surface area contributed by atoms with Crippen molar-refractivity contribution >= 4 is 5.91 Å². The van der Waals surface area contributed by atoms with Gasteiger partial charge in [0.25, 0.3) is 5.56 Å². The molecule has 0 fully saturated rings. The molecule has 27 heavy (non-hydrogen) atoms. The maximum absolute atomic E-state index is 12.4. The van der Waals surface area contributed by atoms with Crippen molar-refractivity contribution in [3.63, 3.8) is 0 Å². The van der Waals surface area contributed by atoms with E-state index in [1.807, 2.05) is 48.5 Å². The summed E-state index contributed by atoms with van der Waals surface area (Å²) >= 11 is 0. The average Bonchev–Trinajstić information content (AvgIpc) is 2.71. The first kappa shape index (κ1) is 18.6. The Bertz CT molecular complexity index is 937. The lowest BCUT2D eigenvalue weighted by atomic mass is 9.96. The number of benzene rings is 2. The van der Waals surface area contributed by atoms with Crippen molar-refractivity contribution in [2.75, 3.05) is 6.54 Å². The highest BCUT2D eigenvalue weighted by Crippen LogP contribution is 2.18. The lowest BCUT2D eigenvalue weighted by molar-refractivity contribution is -0.122. The monoisotopic (exact) mass is 361 g/mol. The number of rotatable bonds is 7. The number of nitrogens with zero attached hydrogens (tertiary/aromatic N) is 2. The van der Waals surface area contributed by atoms with E-state index in [2.05, 4.69) is 29.5 Å². The highest BCUT2D eigenvalue weighted by molar-refractivity contribution is 5.75. The van der Waals surface area contributed by atoms with E-state index in [0.717, 1.165) is 12.0 Å². The molecule has 0 saturated carbocycles. The molecule has 3 rings (SSSR count). The first-order valence-electron chi connectivity index (χ1n) is 9.12. The van der Waals surface area contributed by atoms with Crippen molar-refractivity contribution in [3.05, 3.63) is 88.7 Å². The van der Waals surface area contributed by atoms with Gasteiger partial charge in [-0.15, -0.1) is 0 Å². The Morgan fingerprint density at radius 3 is 2.33 bits per heavy atom. The van der Waals surface area contributed by atoms with Crippen LogP contribution < -0.4 is 10.9 Å². The van der Waals surface area contributed by atoms with Crippen molar-refractivity contribution in [3.8, 4) is 11.3 Å². The number of aromatic nitrogens is 2. The molecule has 5 heteroatoms. The molecule has 0 aliphatic carbocycles. The Labute approximate surface area is 158 Å². The van der Waals surface area contributed by atoms with Gasteiger partial charge in [-0.25, -0.2) is 4.68 Å². The molecule has 2 aromatic carbocycles. The summed E-state index contributed by atoms with van der Waals surface area (Å²) in [5.41, 5.74) is 2.47. The zero-order valence-electron chi connectivity index (χ0n) is 15.3. The quantitative estimate of drug-likeness (QED) is 0.703. The third kappa shape index (κ3) is 4.91. The highest BCUT2D eigenvalue weighted by atomic mass is 16.2. The van der Waals surface area contributed by atoms with E-state index in [0.29, 0.717) is 12.2 Å². The van der Waals surface area contributed by atoms with Crippen LogP contribution in [0.25, 0.3) is 11.3 Å². The van der Waals surface area contributed by atoms with Gasteiger partial charge in [-0.05, 0) is 18.1 Å². The predicted octanol–water partition coefficient (Wildman–Crippen LogP) is 3.22. The summed E-state index contributed by atoms with van der Waals surface area (Å²) in [6, 6.07) is 22.8. The van der Waals surface area contributed by atoms with E-state index in [1.165, 1.54) is 16.3 Å².